The fourth-order valence-electron chi connectivity index (χ4n) is 4.72. The van der Waals surface area contributed by atoms with Crippen molar-refractivity contribution in [2.75, 3.05) is 26.2 Å². The van der Waals surface area contributed by atoms with Crippen LogP contribution in [0, 0.1) is 5.92 Å². The minimum atomic E-state index is -0.520. The van der Waals surface area contributed by atoms with Gasteiger partial charge in [-0.1, -0.05) is 37.3 Å². The van der Waals surface area contributed by atoms with Gasteiger partial charge in [0, 0.05) is 25.5 Å². The molecule has 1 aromatic heterocycles. The number of hydrogen-bond donors (Lipinski definition) is 1. The van der Waals surface area contributed by atoms with E-state index in [1.54, 1.807) is 6.20 Å². The standard InChI is InChI=1S/C21H28N4O.ClH/c1-17-16-24(15-8-19(17)18-6-3-2-4-7-18)20(26)21(9-12-22-13-10-21)25-14-5-11-23-25;/h2-7,11,14,17,19,22H,8-10,12-13,15-16H2,1H3;1H. The van der Waals surface area contributed by atoms with Gasteiger partial charge in [-0.05, 0) is 55.8 Å². The quantitative estimate of drug-likeness (QED) is 0.879. The molecule has 0 bridgehead atoms. The number of likely N-dealkylation sites (tertiary alicyclic amines) is 1. The molecule has 5 nitrogen and oxygen atoms in total. The summed E-state index contributed by atoms with van der Waals surface area (Å²) in [5.74, 6) is 1.25. The third kappa shape index (κ3) is 3.76. The van der Waals surface area contributed by atoms with Crippen molar-refractivity contribution in [1.29, 1.82) is 0 Å². The van der Waals surface area contributed by atoms with Crippen molar-refractivity contribution in [3.05, 3.63) is 54.4 Å². The second-order valence-electron chi connectivity index (χ2n) is 7.77. The third-order valence-corrected chi connectivity index (χ3v) is 6.19. The molecule has 0 spiro atoms. The summed E-state index contributed by atoms with van der Waals surface area (Å²) < 4.78 is 1.91. The van der Waals surface area contributed by atoms with E-state index in [0.29, 0.717) is 11.8 Å². The molecule has 0 aliphatic carbocycles. The van der Waals surface area contributed by atoms with Crippen LogP contribution in [0.15, 0.2) is 48.8 Å². The average Bonchev–Trinajstić information content (AvgIpc) is 3.24. The van der Waals surface area contributed by atoms with Crippen molar-refractivity contribution >= 4 is 18.3 Å². The smallest absolute Gasteiger partial charge is 0.250 e. The maximum Gasteiger partial charge on any atom is 0.250 e. The van der Waals surface area contributed by atoms with E-state index in [9.17, 15) is 4.79 Å². The molecule has 2 aliphatic heterocycles. The largest absolute Gasteiger partial charge is 0.340 e. The van der Waals surface area contributed by atoms with Crippen LogP contribution in [0.25, 0.3) is 0 Å². The van der Waals surface area contributed by atoms with Crippen molar-refractivity contribution < 1.29 is 4.79 Å². The summed E-state index contributed by atoms with van der Waals surface area (Å²) in [6.45, 7) is 5.66. The highest BCUT2D eigenvalue weighted by Crippen LogP contribution is 2.36. The lowest BCUT2D eigenvalue weighted by Gasteiger charge is -2.44. The van der Waals surface area contributed by atoms with Crippen molar-refractivity contribution in [1.82, 2.24) is 20.0 Å². The molecule has 0 saturated carbocycles. The first-order valence-electron chi connectivity index (χ1n) is 9.76. The monoisotopic (exact) mass is 388 g/mol. The van der Waals surface area contributed by atoms with Crippen molar-refractivity contribution in [3.63, 3.8) is 0 Å². The van der Waals surface area contributed by atoms with Crippen molar-refractivity contribution in [3.8, 4) is 0 Å². The van der Waals surface area contributed by atoms with Crippen molar-refractivity contribution in [2.24, 2.45) is 5.92 Å². The molecule has 27 heavy (non-hydrogen) atoms. The average molecular weight is 389 g/mol. The summed E-state index contributed by atoms with van der Waals surface area (Å²) in [7, 11) is 0. The van der Waals surface area contributed by atoms with Crippen LogP contribution >= 0.6 is 12.4 Å². The van der Waals surface area contributed by atoms with Crippen LogP contribution in [0.4, 0.5) is 0 Å². The molecule has 1 amide bonds. The zero-order chi connectivity index (χ0) is 18.0. The Hall–Kier alpha value is -1.85. The maximum absolute atomic E-state index is 13.6. The number of rotatable bonds is 3. The lowest BCUT2D eigenvalue weighted by molar-refractivity contribution is -0.145. The predicted molar refractivity (Wildman–Crippen MR) is 109 cm³/mol. The van der Waals surface area contributed by atoms with Crippen LogP contribution in [-0.2, 0) is 10.3 Å². The Morgan fingerprint density at radius 3 is 2.56 bits per heavy atom. The minimum Gasteiger partial charge on any atom is -0.340 e. The molecule has 2 aromatic rings. The summed E-state index contributed by atoms with van der Waals surface area (Å²) in [5.41, 5.74) is 0.879. The predicted octanol–water partition coefficient (Wildman–Crippen LogP) is 3.04. The van der Waals surface area contributed by atoms with Crippen LogP contribution in [-0.4, -0.2) is 46.8 Å². The molecule has 2 unspecified atom stereocenters. The van der Waals surface area contributed by atoms with E-state index in [1.165, 1.54) is 5.56 Å². The van der Waals surface area contributed by atoms with E-state index in [-0.39, 0.29) is 18.3 Å². The molecule has 2 aliphatic rings. The normalized spacial score (nSPS) is 24.9. The number of piperidine rings is 2. The van der Waals surface area contributed by atoms with Gasteiger partial charge in [0.25, 0.3) is 5.91 Å². The number of hydrogen-bond acceptors (Lipinski definition) is 3. The zero-order valence-electron chi connectivity index (χ0n) is 15.9. The molecule has 2 atom stereocenters. The lowest BCUT2D eigenvalue weighted by Crippen LogP contribution is -2.57. The van der Waals surface area contributed by atoms with Gasteiger partial charge in [0.1, 0.15) is 5.54 Å². The second kappa shape index (κ2) is 8.44. The second-order valence-corrected chi connectivity index (χ2v) is 7.77. The Labute approximate surface area is 167 Å². The molecule has 1 N–H and O–H groups in total. The molecular weight excluding hydrogens is 360 g/mol. The highest BCUT2D eigenvalue weighted by Gasteiger charge is 2.45. The summed E-state index contributed by atoms with van der Waals surface area (Å²) >= 11 is 0. The molecule has 3 heterocycles. The SMILES string of the molecule is CC1CN(C(=O)C2(n3cccn3)CCNCC2)CCC1c1ccccc1.Cl. The topological polar surface area (TPSA) is 50.2 Å². The van der Waals surface area contributed by atoms with E-state index in [1.807, 2.05) is 16.9 Å². The summed E-state index contributed by atoms with van der Waals surface area (Å²) in [6, 6.07) is 12.6. The van der Waals surface area contributed by atoms with Gasteiger partial charge in [0.2, 0.25) is 0 Å². The molecule has 0 radical (unpaired) electrons. The number of benzene rings is 1. The number of carbonyl (C=O) groups is 1. The summed E-state index contributed by atoms with van der Waals surface area (Å²) in [5, 5.41) is 7.84. The van der Waals surface area contributed by atoms with Gasteiger partial charge in [-0.15, -0.1) is 12.4 Å². The highest BCUT2D eigenvalue weighted by atomic mass is 35.5. The lowest BCUT2D eigenvalue weighted by atomic mass is 9.80. The number of halogens is 1. The first kappa shape index (κ1) is 19.9. The maximum atomic E-state index is 13.6. The Kier molecular flexibility index (Phi) is 6.22. The Morgan fingerprint density at radius 1 is 1.19 bits per heavy atom. The summed E-state index contributed by atoms with van der Waals surface area (Å²) in [6.07, 6.45) is 6.37. The van der Waals surface area contributed by atoms with Gasteiger partial charge >= 0.3 is 0 Å². The van der Waals surface area contributed by atoms with Crippen LogP contribution < -0.4 is 5.32 Å². The zero-order valence-corrected chi connectivity index (χ0v) is 16.7. The summed E-state index contributed by atoms with van der Waals surface area (Å²) in [4.78, 5) is 15.7. The molecule has 4 rings (SSSR count). The van der Waals surface area contributed by atoms with Gasteiger partial charge < -0.3 is 10.2 Å². The van der Waals surface area contributed by atoms with Crippen LogP contribution in [0.5, 0.6) is 0 Å². The highest BCUT2D eigenvalue weighted by molar-refractivity contribution is 5.85. The van der Waals surface area contributed by atoms with E-state index >= 15 is 0 Å². The number of aromatic nitrogens is 2. The van der Waals surface area contributed by atoms with Crippen LogP contribution in [0.3, 0.4) is 0 Å². The van der Waals surface area contributed by atoms with Crippen LogP contribution in [0.2, 0.25) is 0 Å². The Balaban J connectivity index is 0.00000210. The third-order valence-electron chi connectivity index (χ3n) is 6.19. The number of amides is 1. The van der Waals surface area contributed by atoms with Gasteiger partial charge in [-0.2, -0.15) is 5.10 Å². The molecule has 2 saturated heterocycles. The van der Waals surface area contributed by atoms with Gasteiger partial charge in [-0.3, -0.25) is 9.48 Å². The molecule has 2 fully saturated rings. The van der Waals surface area contributed by atoms with E-state index in [4.69, 9.17) is 0 Å². The van der Waals surface area contributed by atoms with Gasteiger partial charge in [0.05, 0.1) is 0 Å². The van der Waals surface area contributed by atoms with Crippen molar-refractivity contribution in [2.45, 2.75) is 37.6 Å². The van der Waals surface area contributed by atoms with E-state index in [0.717, 1.165) is 45.4 Å². The minimum absolute atomic E-state index is 0. The molecule has 1 aromatic carbocycles. The first-order chi connectivity index (χ1) is 12.7. The van der Waals surface area contributed by atoms with E-state index < -0.39 is 5.54 Å². The van der Waals surface area contributed by atoms with Gasteiger partial charge in [0.15, 0.2) is 0 Å². The number of nitrogens with zero attached hydrogens (tertiary/aromatic N) is 3. The molecule has 6 heteroatoms. The number of nitrogens with one attached hydrogen (secondary N) is 1. The fraction of sp³-hybridized carbons (Fsp3) is 0.524. The molecular formula is C21H29ClN4O. The van der Waals surface area contributed by atoms with E-state index in [2.05, 4.69) is 52.6 Å². The Bertz CT molecular complexity index is 728. The first-order valence-corrected chi connectivity index (χ1v) is 9.76. The van der Waals surface area contributed by atoms with Crippen LogP contribution in [0.1, 0.15) is 37.7 Å². The fourth-order valence-corrected chi connectivity index (χ4v) is 4.72. The Morgan fingerprint density at radius 2 is 1.93 bits per heavy atom. The van der Waals surface area contributed by atoms with Gasteiger partial charge in [-0.25, -0.2) is 0 Å². The molecule has 146 valence electrons. The number of carbonyl (C=O) groups excluding carboxylic acids is 1.